The second-order valence-corrected chi connectivity index (χ2v) is 6.69. The van der Waals surface area contributed by atoms with Crippen molar-refractivity contribution in [1.82, 2.24) is 15.5 Å². The molecule has 2 aromatic rings. The van der Waals surface area contributed by atoms with Gasteiger partial charge in [0.2, 0.25) is 0 Å². The van der Waals surface area contributed by atoms with E-state index in [0.29, 0.717) is 6.04 Å². The van der Waals surface area contributed by atoms with Crippen LogP contribution >= 0.6 is 0 Å². The van der Waals surface area contributed by atoms with Crippen LogP contribution in [0.3, 0.4) is 0 Å². The lowest BCUT2D eigenvalue weighted by atomic mass is 9.90. The fourth-order valence-corrected chi connectivity index (χ4v) is 3.16. The molecule has 0 saturated carbocycles. The van der Waals surface area contributed by atoms with E-state index in [1.165, 1.54) is 16.7 Å². The summed E-state index contributed by atoms with van der Waals surface area (Å²) < 4.78 is 0. The quantitative estimate of drug-likeness (QED) is 0.892. The molecule has 4 nitrogen and oxygen atoms in total. The number of benzene rings is 1. The minimum absolute atomic E-state index is 0.00134. The van der Waals surface area contributed by atoms with Crippen LogP contribution in [0.15, 0.2) is 29.1 Å². The minimum atomic E-state index is -0.00134. The van der Waals surface area contributed by atoms with Crippen LogP contribution in [0, 0.1) is 0 Å². The van der Waals surface area contributed by atoms with Gasteiger partial charge in [-0.05, 0) is 42.4 Å². The van der Waals surface area contributed by atoms with Crippen LogP contribution in [-0.2, 0) is 25.8 Å². The summed E-state index contributed by atoms with van der Waals surface area (Å²) in [6, 6.07) is 9.16. The van der Waals surface area contributed by atoms with Crippen molar-refractivity contribution in [3.05, 3.63) is 62.6 Å². The van der Waals surface area contributed by atoms with E-state index in [1.54, 1.807) is 0 Å². The van der Waals surface area contributed by atoms with E-state index in [2.05, 4.69) is 53.6 Å². The van der Waals surface area contributed by atoms with Crippen molar-refractivity contribution in [3.8, 4) is 0 Å². The van der Waals surface area contributed by atoms with Crippen LogP contribution in [0.25, 0.3) is 0 Å². The first-order valence-corrected chi connectivity index (χ1v) is 8.54. The molecule has 2 N–H and O–H groups in total. The maximum absolute atomic E-state index is 11.9. The summed E-state index contributed by atoms with van der Waals surface area (Å²) in [6.45, 7) is 5.20. The Morgan fingerprint density at radius 1 is 1.09 bits per heavy atom. The van der Waals surface area contributed by atoms with Gasteiger partial charge in [0.1, 0.15) is 0 Å². The molecule has 0 aliphatic heterocycles. The fraction of sp³-hybridized carbons (Fsp3) is 0.474. The monoisotopic (exact) mass is 311 g/mol. The lowest BCUT2D eigenvalue weighted by Gasteiger charge is -2.17. The number of H-pyrrole nitrogens is 1. The number of fused-ring (bicyclic) bond motifs is 1. The van der Waals surface area contributed by atoms with Crippen molar-refractivity contribution < 1.29 is 0 Å². The molecule has 0 bridgehead atoms. The lowest BCUT2D eigenvalue weighted by Crippen LogP contribution is -2.23. The predicted octanol–water partition coefficient (Wildman–Crippen LogP) is 2.74. The van der Waals surface area contributed by atoms with Gasteiger partial charge in [-0.2, -0.15) is 5.10 Å². The van der Waals surface area contributed by atoms with Gasteiger partial charge in [-0.3, -0.25) is 4.79 Å². The Bertz CT molecular complexity index is 716. The molecule has 1 aliphatic carbocycles. The highest BCUT2D eigenvalue weighted by atomic mass is 16.1. The summed E-state index contributed by atoms with van der Waals surface area (Å²) in [4.78, 5) is 11.9. The van der Waals surface area contributed by atoms with Crippen molar-refractivity contribution in [2.24, 2.45) is 0 Å². The second-order valence-electron chi connectivity index (χ2n) is 6.69. The van der Waals surface area contributed by atoms with Gasteiger partial charge in [0, 0.05) is 24.6 Å². The van der Waals surface area contributed by atoms with Gasteiger partial charge in [-0.15, -0.1) is 0 Å². The van der Waals surface area contributed by atoms with Crippen LogP contribution < -0.4 is 10.9 Å². The number of nitrogens with one attached hydrogen (secondary N) is 2. The minimum Gasteiger partial charge on any atom is -0.310 e. The molecule has 0 atom stereocenters. The Morgan fingerprint density at radius 2 is 1.74 bits per heavy atom. The molecule has 4 heteroatoms. The number of aromatic amines is 1. The topological polar surface area (TPSA) is 57.8 Å². The summed E-state index contributed by atoms with van der Waals surface area (Å²) in [6.07, 6.45) is 4.93. The third-order valence-corrected chi connectivity index (χ3v) is 4.49. The molecule has 0 radical (unpaired) electrons. The summed E-state index contributed by atoms with van der Waals surface area (Å²) >= 11 is 0. The molecule has 0 fully saturated rings. The van der Waals surface area contributed by atoms with E-state index in [-0.39, 0.29) is 5.56 Å². The molecule has 3 rings (SSSR count). The first-order chi connectivity index (χ1) is 11.1. The van der Waals surface area contributed by atoms with Crippen LogP contribution in [-0.4, -0.2) is 16.2 Å². The molecule has 0 unspecified atom stereocenters. The van der Waals surface area contributed by atoms with Crippen molar-refractivity contribution in [2.75, 3.05) is 0 Å². The Labute approximate surface area is 137 Å². The molecule has 1 aromatic heterocycles. The maximum Gasteiger partial charge on any atom is 0.267 e. The number of aromatic nitrogens is 2. The van der Waals surface area contributed by atoms with Gasteiger partial charge < -0.3 is 5.32 Å². The Morgan fingerprint density at radius 3 is 2.43 bits per heavy atom. The normalized spacial score (nSPS) is 14.0. The average Bonchev–Trinajstić information content (AvgIpc) is 2.57. The summed E-state index contributed by atoms with van der Waals surface area (Å²) in [5, 5.41) is 10.4. The van der Waals surface area contributed by atoms with Crippen molar-refractivity contribution in [1.29, 1.82) is 0 Å². The Kier molecular flexibility index (Phi) is 4.91. The molecular formula is C19H25N3O. The van der Waals surface area contributed by atoms with E-state index in [1.807, 2.05) is 0 Å². The smallest absolute Gasteiger partial charge is 0.267 e. The van der Waals surface area contributed by atoms with Gasteiger partial charge >= 0.3 is 0 Å². The van der Waals surface area contributed by atoms with E-state index >= 15 is 0 Å². The molecule has 1 heterocycles. The highest BCUT2D eigenvalue weighted by molar-refractivity contribution is 5.34. The predicted molar refractivity (Wildman–Crippen MR) is 92.7 cm³/mol. The first-order valence-electron chi connectivity index (χ1n) is 8.54. The van der Waals surface area contributed by atoms with E-state index in [0.717, 1.165) is 49.9 Å². The third kappa shape index (κ3) is 3.88. The lowest BCUT2D eigenvalue weighted by molar-refractivity contribution is 0.589. The number of hydrogen-bond donors (Lipinski definition) is 2. The van der Waals surface area contributed by atoms with E-state index < -0.39 is 0 Å². The summed E-state index contributed by atoms with van der Waals surface area (Å²) in [5.41, 5.74) is 5.71. The van der Waals surface area contributed by atoms with Gasteiger partial charge in [0.15, 0.2) is 0 Å². The standard InChI is InChI=1S/C19H25N3O/c1-13(2)20-12-15-9-7-14(8-10-15)11-18-16-5-3-4-6-17(16)19(23)22-21-18/h7-10,13,20H,3-6,11-12H2,1-2H3,(H,22,23). The number of nitrogens with zero attached hydrogens (tertiary/aromatic N) is 1. The largest absolute Gasteiger partial charge is 0.310 e. The highest BCUT2D eigenvalue weighted by Crippen LogP contribution is 2.22. The average molecular weight is 311 g/mol. The van der Waals surface area contributed by atoms with E-state index in [9.17, 15) is 4.79 Å². The first kappa shape index (κ1) is 15.9. The van der Waals surface area contributed by atoms with Crippen molar-refractivity contribution in [3.63, 3.8) is 0 Å². The van der Waals surface area contributed by atoms with Crippen LogP contribution in [0.2, 0.25) is 0 Å². The van der Waals surface area contributed by atoms with Gasteiger partial charge in [0.05, 0.1) is 5.69 Å². The molecule has 122 valence electrons. The molecule has 0 spiro atoms. The molecule has 23 heavy (non-hydrogen) atoms. The van der Waals surface area contributed by atoms with Gasteiger partial charge in [-0.25, -0.2) is 5.10 Å². The third-order valence-electron chi connectivity index (χ3n) is 4.49. The fourth-order valence-electron chi connectivity index (χ4n) is 3.16. The molecule has 1 aromatic carbocycles. The van der Waals surface area contributed by atoms with E-state index in [4.69, 9.17) is 0 Å². The Hall–Kier alpha value is -1.94. The van der Waals surface area contributed by atoms with Crippen LogP contribution in [0.1, 0.15) is 54.6 Å². The maximum atomic E-state index is 11.9. The Balaban J connectivity index is 1.76. The zero-order valence-corrected chi connectivity index (χ0v) is 14.0. The molecular weight excluding hydrogens is 286 g/mol. The number of hydrogen-bond acceptors (Lipinski definition) is 3. The molecule has 0 amide bonds. The highest BCUT2D eigenvalue weighted by Gasteiger charge is 2.17. The van der Waals surface area contributed by atoms with Crippen LogP contribution in [0.5, 0.6) is 0 Å². The van der Waals surface area contributed by atoms with Crippen molar-refractivity contribution in [2.45, 2.75) is 58.5 Å². The van der Waals surface area contributed by atoms with Gasteiger partial charge in [-0.1, -0.05) is 38.1 Å². The zero-order chi connectivity index (χ0) is 16.2. The van der Waals surface area contributed by atoms with Crippen LogP contribution in [0.4, 0.5) is 0 Å². The summed E-state index contributed by atoms with van der Waals surface area (Å²) in [5.74, 6) is 0. The SMILES string of the molecule is CC(C)NCc1ccc(Cc2n[nH]c(=O)c3c2CCCC3)cc1. The molecule has 0 saturated heterocycles. The zero-order valence-electron chi connectivity index (χ0n) is 14.0. The second kappa shape index (κ2) is 7.09. The molecule has 1 aliphatic rings. The summed E-state index contributed by atoms with van der Waals surface area (Å²) in [7, 11) is 0. The number of rotatable bonds is 5. The van der Waals surface area contributed by atoms with Crippen molar-refractivity contribution >= 4 is 0 Å². The van der Waals surface area contributed by atoms with Gasteiger partial charge in [0.25, 0.3) is 5.56 Å².